The summed E-state index contributed by atoms with van der Waals surface area (Å²) < 4.78 is 0. The second-order valence-electron chi connectivity index (χ2n) is 5.32. The zero-order valence-electron chi connectivity index (χ0n) is 11.5. The summed E-state index contributed by atoms with van der Waals surface area (Å²) in [6, 6.07) is 7.47. The molecule has 0 saturated carbocycles. The number of carbonyl (C=O) groups is 2. The van der Waals surface area contributed by atoms with E-state index in [1.165, 1.54) is 0 Å². The van der Waals surface area contributed by atoms with E-state index in [1.54, 1.807) is 4.90 Å². The quantitative estimate of drug-likeness (QED) is 0.899. The van der Waals surface area contributed by atoms with Crippen LogP contribution in [0, 0.1) is 0 Å². The number of likely N-dealkylation sites (tertiary alicyclic amines) is 1. The minimum absolute atomic E-state index is 0.0487. The first kappa shape index (κ1) is 13.0. The summed E-state index contributed by atoms with van der Waals surface area (Å²) in [6.45, 7) is 2.43. The molecule has 0 spiro atoms. The van der Waals surface area contributed by atoms with Crippen LogP contribution in [0.15, 0.2) is 24.3 Å². The minimum atomic E-state index is -0.0487. The van der Waals surface area contributed by atoms with Crippen LogP contribution < -0.4 is 10.2 Å². The van der Waals surface area contributed by atoms with E-state index in [0.717, 1.165) is 50.3 Å². The SMILES string of the molecule is O=C(Nc1cccc(N2CCCC2=O)c1)N1CCCC1. The Labute approximate surface area is 118 Å². The normalized spacial score (nSPS) is 18.7. The van der Waals surface area contributed by atoms with Gasteiger partial charge in [-0.25, -0.2) is 4.79 Å². The molecule has 0 aliphatic carbocycles. The number of nitrogens with zero attached hydrogens (tertiary/aromatic N) is 2. The van der Waals surface area contributed by atoms with Gasteiger partial charge in [-0.15, -0.1) is 0 Å². The Morgan fingerprint density at radius 3 is 2.60 bits per heavy atom. The van der Waals surface area contributed by atoms with Gasteiger partial charge in [0.15, 0.2) is 0 Å². The summed E-state index contributed by atoms with van der Waals surface area (Å²) in [5.74, 6) is 0.160. The third-order valence-electron chi connectivity index (χ3n) is 3.88. The fraction of sp³-hybridized carbons (Fsp3) is 0.467. The molecule has 1 aromatic rings. The summed E-state index contributed by atoms with van der Waals surface area (Å²) in [5.41, 5.74) is 1.62. The highest BCUT2D eigenvalue weighted by molar-refractivity contribution is 5.96. The molecule has 1 aromatic carbocycles. The average molecular weight is 273 g/mol. The van der Waals surface area contributed by atoms with E-state index >= 15 is 0 Å². The molecule has 2 aliphatic rings. The second kappa shape index (κ2) is 5.53. The third kappa shape index (κ3) is 2.61. The number of anilines is 2. The van der Waals surface area contributed by atoms with Crippen molar-refractivity contribution < 1.29 is 9.59 Å². The molecule has 0 atom stereocenters. The lowest BCUT2D eigenvalue weighted by molar-refractivity contribution is -0.117. The molecule has 5 heteroatoms. The lowest BCUT2D eigenvalue weighted by Crippen LogP contribution is -2.32. The third-order valence-corrected chi connectivity index (χ3v) is 3.88. The largest absolute Gasteiger partial charge is 0.325 e. The predicted octanol–water partition coefficient (Wildman–Crippen LogP) is 2.44. The standard InChI is InChI=1S/C15H19N3O2/c19-14-7-4-10-18(14)13-6-3-5-12(11-13)16-15(20)17-8-1-2-9-17/h3,5-6,11H,1-2,4,7-10H2,(H,16,20). The van der Waals surface area contributed by atoms with Gasteiger partial charge in [0.2, 0.25) is 5.91 Å². The number of carbonyl (C=O) groups excluding carboxylic acids is 2. The molecule has 1 N–H and O–H groups in total. The van der Waals surface area contributed by atoms with Gasteiger partial charge in [0.05, 0.1) is 0 Å². The number of benzene rings is 1. The Kier molecular flexibility index (Phi) is 3.58. The highest BCUT2D eigenvalue weighted by atomic mass is 16.2. The molecule has 3 amide bonds. The van der Waals surface area contributed by atoms with Crippen LogP contribution in [0.3, 0.4) is 0 Å². The maximum atomic E-state index is 12.0. The van der Waals surface area contributed by atoms with E-state index in [0.29, 0.717) is 6.42 Å². The van der Waals surface area contributed by atoms with Crippen LogP contribution in [0.2, 0.25) is 0 Å². The lowest BCUT2D eigenvalue weighted by atomic mass is 10.2. The van der Waals surface area contributed by atoms with Gasteiger partial charge in [0, 0.05) is 37.4 Å². The smallest absolute Gasteiger partial charge is 0.321 e. The number of rotatable bonds is 2. The van der Waals surface area contributed by atoms with E-state index in [-0.39, 0.29) is 11.9 Å². The fourth-order valence-corrected chi connectivity index (χ4v) is 2.80. The maximum Gasteiger partial charge on any atom is 0.321 e. The van der Waals surface area contributed by atoms with Crippen LogP contribution in [0.25, 0.3) is 0 Å². The average Bonchev–Trinajstić information content (AvgIpc) is 3.10. The van der Waals surface area contributed by atoms with Crippen molar-refractivity contribution in [2.75, 3.05) is 29.9 Å². The highest BCUT2D eigenvalue weighted by Crippen LogP contribution is 2.24. The van der Waals surface area contributed by atoms with Gasteiger partial charge in [-0.3, -0.25) is 4.79 Å². The van der Waals surface area contributed by atoms with Crippen molar-refractivity contribution >= 4 is 23.3 Å². The topological polar surface area (TPSA) is 52.7 Å². The second-order valence-corrected chi connectivity index (χ2v) is 5.32. The number of urea groups is 1. The van der Waals surface area contributed by atoms with Crippen LogP contribution in [-0.4, -0.2) is 36.5 Å². The number of hydrogen-bond acceptors (Lipinski definition) is 2. The molecule has 0 radical (unpaired) electrons. The summed E-state index contributed by atoms with van der Waals surface area (Å²) in [7, 11) is 0. The van der Waals surface area contributed by atoms with Crippen molar-refractivity contribution in [1.29, 1.82) is 0 Å². The van der Waals surface area contributed by atoms with E-state index < -0.39 is 0 Å². The molecule has 2 saturated heterocycles. The maximum absolute atomic E-state index is 12.0. The van der Waals surface area contributed by atoms with Crippen molar-refractivity contribution in [2.45, 2.75) is 25.7 Å². The molecule has 0 bridgehead atoms. The molecule has 2 aliphatic heterocycles. The van der Waals surface area contributed by atoms with Crippen molar-refractivity contribution in [2.24, 2.45) is 0 Å². The molecule has 2 heterocycles. The minimum Gasteiger partial charge on any atom is -0.325 e. The zero-order chi connectivity index (χ0) is 13.9. The number of nitrogens with one attached hydrogen (secondary N) is 1. The van der Waals surface area contributed by atoms with E-state index in [9.17, 15) is 9.59 Å². The first-order chi connectivity index (χ1) is 9.74. The van der Waals surface area contributed by atoms with Crippen LogP contribution in [-0.2, 0) is 4.79 Å². The Morgan fingerprint density at radius 2 is 1.90 bits per heavy atom. The predicted molar refractivity (Wildman–Crippen MR) is 77.9 cm³/mol. The van der Waals surface area contributed by atoms with Crippen LogP contribution in [0.4, 0.5) is 16.2 Å². The van der Waals surface area contributed by atoms with Gasteiger partial charge in [0.25, 0.3) is 0 Å². The zero-order valence-corrected chi connectivity index (χ0v) is 11.5. The van der Waals surface area contributed by atoms with Crippen molar-refractivity contribution in [3.05, 3.63) is 24.3 Å². The van der Waals surface area contributed by atoms with Gasteiger partial charge in [0.1, 0.15) is 0 Å². The molecule has 0 aromatic heterocycles. The Bertz CT molecular complexity index is 524. The molecule has 5 nitrogen and oxygen atoms in total. The molecule has 2 fully saturated rings. The van der Waals surface area contributed by atoms with Crippen LogP contribution >= 0.6 is 0 Å². The highest BCUT2D eigenvalue weighted by Gasteiger charge is 2.22. The van der Waals surface area contributed by atoms with Gasteiger partial charge < -0.3 is 15.1 Å². The Hall–Kier alpha value is -2.04. The van der Waals surface area contributed by atoms with Crippen molar-refractivity contribution in [3.63, 3.8) is 0 Å². The molecule has 20 heavy (non-hydrogen) atoms. The van der Waals surface area contributed by atoms with E-state index in [1.807, 2.05) is 29.2 Å². The van der Waals surface area contributed by atoms with Crippen LogP contribution in [0.5, 0.6) is 0 Å². The Morgan fingerprint density at radius 1 is 1.10 bits per heavy atom. The molecule has 106 valence electrons. The molecule has 0 unspecified atom stereocenters. The summed E-state index contributed by atoms with van der Waals surface area (Å²) in [4.78, 5) is 27.4. The molecule has 3 rings (SSSR count). The van der Waals surface area contributed by atoms with Gasteiger partial charge >= 0.3 is 6.03 Å². The number of hydrogen-bond donors (Lipinski definition) is 1. The van der Waals surface area contributed by atoms with Crippen LogP contribution in [0.1, 0.15) is 25.7 Å². The van der Waals surface area contributed by atoms with Crippen molar-refractivity contribution in [3.8, 4) is 0 Å². The van der Waals surface area contributed by atoms with Gasteiger partial charge in [-0.05, 0) is 37.5 Å². The first-order valence-electron chi connectivity index (χ1n) is 7.20. The lowest BCUT2D eigenvalue weighted by Gasteiger charge is -2.19. The van der Waals surface area contributed by atoms with E-state index in [4.69, 9.17) is 0 Å². The summed E-state index contributed by atoms with van der Waals surface area (Å²) in [6.07, 6.45) is 3.68. The Balaban J connectivity index is 1.70. The fourth-order valence-electron chi connectivity index (χ4n) is 2.80. The van der Waals surface area contributed by atoms with E-state index in [2.05, 4.69) is 5.32 Å². The van der Waals surface area contributed by atoms with Crippen molar-refractivity contribution in [1.82, 2.24) is 4.90 Å². The van der Waals surface area contributed by atoms with Gasteiger partial charge in [-0.1, -0.05) is 6.07 Å². The summed E-state index contributed by atoms with van der Waals surface area (Å²) in [5, 5.41) is 2.91. The molecular formula is C15H19N3O2. The molecular weight excluding hydrogens is 254 g/mol. The summed E-state index contributed by atoms with van der Waals surface area (Å²) >= 11 is 0. The monoisotopic (exact) mass is 273 g/mol. The van der Waals surface area contributed by atoms with Gasteiger partial charge in [-0.2, -0.15) is 0 Å². The number of amides is 3. The first-order valence-corrected chi connectivity index (χ1v) is 7.20.